The highest BCUT2D eigenvalue weighted by atomic mass is 16.7. The fraction of sp³-hybridized carbons (Fsp3) is 0.562. The SMILES string of the molecule is COc1ccc(CCC2(C)OCC(COC(C)=O)O2)cc1. The summed E-state index contributed by atoms with van der Waals surface area (Å²) in [6, 6.07) is 7.95. The quantitative estimate of drug-likeness (QED) is 0.754. The van der Waals surface area contributed by atoms with Crippen LogP contribution in [0.15, 0.2) is 24.3 Å². The normalized spacial score (nSPS) is 24.8. The van der Waals surface area contributed by atoms with Crippen molar-refractivity contribution in [1.29, 1.82) is 0 Å². The summed E-state index contributed by atoms with van der Waals surface area (Å²) in [6.45, 7) is 4.00. The molecule has 0 aliphatic carbocycles. The van der Waals surface area contributed by atoms with Gasteiger partial charge in [0.1, 0.15) is 18.5 Å². The topological polar surface area (TPSA) is 54.0 Å². The summed E-state index contributed by atoms with van der Waals surface area (Å²) in [5, 5.41) is 0. The van der Waals surface area contributed by atoms with Crippen LogP contribution in [-0.2, 0) is 25.4 Å². The number of benzene rings is 1. The van der Waals surface area contributed by atoms with Gasteiger partial charge in [-0.25, -0.2) is 0 Å². The largest absolute Gasteiger partial charge is 0.497 e. The monoisotopic (exact) mass is 294 g/mol. The van der Waals surface area contributed by atoms with Crippen molar-refractivity contribution in [1.82, 2.24) is 0 Å². The average Bonchev–Trinajstić information content (AvgIpc) is 2.86. The van der Waals surface area contributed by atoms with E-state index in [9.17, 15) is 4.79 Å². The van der Waals surface area contributed by atoms with Gasteiger partial charge in [0.15, 0.2) is 5.79 Å². The highest BCUT2D eigenvalue weighted by molar-refractivity contribution is 5.65. The molecule has 0 amide bonds. The Bertz CT molecular complexity index is 470. The summed E-state index contributed by atoms with van der Waals surface area (Å²) in [7, 11) is 1.65. The summed E-state index contributed by atoms with van der Waals surface area (Å²) in [6.07, 6.45) is 1.41. The van der Waals surface area contributed by atoms with Gasteiger partial charge >= 0.3 is 5.97 Å². The minimum atomic E-state index is -0.620. The van der Waals surface area contributed by atoms with Crippen molar-refractivity contribution in [3.8, 4) is 5.75 Å². The number of hydrogen-bond donors (Lipinski definition) is 0. The van der Waals surface area contributed by atoms with Crippen molar-refractivity contribution >= 4 is 5.97 Å². The van der Waals surface area contributed by atoms with Gasteiger partial charge in [-0.05, 0) is 31.0 Å². The summed E-state index contributed by atoms with van der Waals surface area (Å²) in [5.74, 6) is -0.0738. The van der Waals surface area contributed by atoms with Crippen molar-refractivity contribution < 1.29 is 23.7 Å². The number of aryl methyl sites for hydroxylation is 1. The Morgan fingerprint density at radius 1 is 1.38 bits per heavy atom. The molecule has 2 unspecified atom stereocenters. The van der Waals surface area contributed by atoms with Crippen LogP contribution in [-0.4, -0.2) is 38.2 Å². The van der Waals surface area contributed by atoms with Gasteiger partial charge in [0.2, 0.25) is 0 Å². The van der Waals surface area contributed by atoms with Crippen LogP contribution in [0.4, 0.5) is 0 Å². The molecule has 0 aromatic heterocycles. The Hall–Kier alpha value is -1.59. The number of esters is 1. The van der Waals surface area contributed by atoms with Gasteiger partial charge < -0.3 is 18.9 Å². The van der Waals surface area contributed by atoms with Gasteiger partial charge in [0.25, 0.3) is 0 Å². The molecule has 1 aromatic carbocycles. The Kier molecular flexibility index (Phi) is 5.20. The first-order chi connectivity index (χ1) is 10.0. The molecule has 1 saturated heterocycles. The summed E-state index contributed by atoms with van der Waals surface area (Å²) in [5.41, 5.74) is 1.20. The molecule has 21 heavy (non-hydrogen) atoms. The highest BCUT2D eigenvalue weighted by Gasteiger charge is 2.37. The first kappa shape index (κ1) is 15.8. The summed E-state index contributed by atoms with van der Waals surface area (Å²) in [4.78, 5) is 10.8. The van der Waals surface area contributed by atoms with Crippen LogP contribution in [0, 0.1) is 0 Å². The predicted molar refractivity (Wildman–Crippen MR) is 77.2 cm³/mol. The number of ether oxygens (including phenoxy) is 4. The molecule has 1 fully saturated rings. The zero-order chi connectivity index (χ0) is 15.3. The van der Waals surface area contributed by atoms with Crippen molar-refractivity contribution in [2.75, 3.05) is 20.3 Å². The Morgan fingerprint density at radius 3 is 2.71 bits per heavy atom. The Labute approximate surface area is 125 Å². The zero-order valence-corrected chi connectivity index (χ0v) is 12.8. The van der Waals surface area contributed by atoms with Crippen LogP contribution < -0.4 is 4.74 Å². The van der Waals surface area contributed by atoms with Crippen molar-refractivity contribution in [2.24, 2.45) is 0 Å². The maximum Gasteiger partial charge on any atom is 0.302 e. The molecular formula is C16H22O5. The van der Waals surface area contributed by atoms with Crippen molar-refractivity contribution in [3.05, 3.63) is 29.8 Å². The number of rotatable bonds is 6. The third-order valence-corrected chi connectivity index (χ3v) is 3.49. The lowest BCUT2D eigenvalue weighted by atomic mass is 10.1. The smallest absolute Gasteiger partial charge is 0.302 e. The molecule has 116 valence electrons. The fourth-order valence-electron chi connectivity index (χ4n) is 2.28. The molecule has 5 heteroatoms. The van der Waals surface area contributed by atoms with Gasteiger partial charge in [-0.2, -0.15) is 0 Å². The molecule has 0 radical (unpaired) electrons. The lowest BCUT2D eigenvalue weighted by Crippen LogP contribution is -2.29. The number of carbonyl (C=O) groups excluding carboxylic acids is 1. The molecule has 0 spiro atoms. The van der Waals surface area contributed by atoms with Crippen LogP contribution in [0.3, 0.4) is 0 Å². The molecule has 2 atom stereocenters. The second kappa shape index (κ2) is 6.91. The van der Waals surface area contributed by atoms with E-state index in [0.717, 1.165) is 18.6 Å². The van der Waals surface area contributed by atoms with Crippen molar-refractivity contribution in [2.45, 2.75) is 38.6 Å². The van der Waals surface area contributed by atoms with Gasteiger partial charge in [0, 0.05) is 13.3 Å². The second-order valence-corrected chi connectivity index (χ2v) is 5.34. The summed E-state index contributed by atoms with van der Waals surface area (Å²) < 4.78 is 21.6. The third kappa shape index (κ3) is 4.72. The van der Waals surface area contributed by atoms with E-state index in [1.165, 1.54) is 12.5 Å². The molecule has 1 aliphatic heterocycles. The molecule has 1 heterocycles. The van der Waals surface area contributed by atoms with Crippen LogP contribution >= 0.6 is 0 Å². The lowest BCUT2D eigenvalue weighted by Gasteiger charge is -2.23. The zero-order valence-electron chi connectivity index (χ0n) is 12.8. The number of carbonyl (C=O) groups is 1. The summed E-state index contributed by atoms with van der Waals surface area (Å²) >= 11 is 0. The second-order valence-electron chi connectivity index (χ2n) is 5.34. The van der Waals surface area contributed by atoms with E-state index in [1.807, 2.05) is 31.2 Å². The standard InChI is InChI=1S/C16H22O5/c1-12(17)19-10-15-11-20-16(2,21-15)9-8-13-4-6-14(18-3)7-5-13/h4-7,15H,8-11H2,1-3H3. The molecule has 5 nitrogen and oxygen atoms in total. The van der Waals surface area contributed by atoms with Crippen LogP contribution in [0.25, 0.3) is 0 Å². The minimum Gasteiger partial charge on any atom is -0.497 e. The van der Waals surface area contributed by atoms with Gasteiger partial charge in [0.05, 0.1) is 13.7 Å². The van der Waals surface area contributed by atoms with E-state index >= 15 is 0 Å². The number of hydrogen-bond acceptors (Lipinski definition) is 5. The van der Waals surface area contributed by atoms with E-state index in [2.05, 4.69) is 0 Å². The molecule has 1 aromatic rings. The highest BCUT2D eigenvalue weighted by Crippen LogP contribution is 2.28. The van der Waals surface area contributed by atoms with Crippen LogP contribution in [0.1, 0.15) is 25.8 Å². The molecule has 0 bridgehead atoms. The minimum absolute atomic E-state index is 0.185. The Morgan fingerprint density at radius 2 is 2.10 bits per heavy atom. The maximum absolute atomic E-state index is 10.8. The average molecular weight is 294 g/mol. The maximum atomic E-state index is 10.8. The van der Waals surface area contributed by atoms with Gasteiger partial charge in [-0.15, -0.1) is 0 Å². The van der Waals surface area contributed by atoms with Crippen molar-refractivity contribution in [3.63, 3.8) is 0 Å². The number of methoxy groups -OCH3 is 1. The van der Waals surface area contributed by atoms with E-state index in [-0.39, 0.29) is 18.7 Å². The Balaban J connectivity index is 1.80. The van der Waals surface area contributed by atoms with Gasteiger partial charge in [-0.3, -0.25) is 4.79 Å². The molecular weight excluding hydrogens is 272 g/mol. The van der Waals surface area contributed by atoms with E-state index in [1.54, 1.807) is 7.11 Å². The van der Waals surface area contributed by atoms with E-state index < -0.39 is 5.79 Å². The fourth-order valence-corrected chi connectivity index (χ4v) is 2.28. The van der Waals surface area contributed by atoms with E-state index in [0.29, 0.717) is 6.61 Å². The molecule has 0 saturated carbocycles. The first-order valence-electron chi connectivity index (χ1n) is 7.09. The third-order valence-electron chi connectivity index (χ3n) is 3.49. The van der Waals surface area contributed by atoms with Crippen LogP contribution in [0.2, 0.25) is 0 Å². The molecule has 0 N–H and O–H groups in total. The molecule has 2 rings (SSSR count). The predicted octanol–water partition coefficient (Wildman–Crippen LogP) is 2.32. The molecule has 1 aliphatic rings. The van der Waals surface area contributed by atoms with Gasteiger partial charge in [-0.1, -0.05) is 12.1 Å². The first-order valence-corrected chi connectivity index (χ1v) is 7.09. The van der Waals surface area contributed by atoms with E-state index in [4.69, 9.17) is 18.9 Å². The lowest BCUT2D eigenvalue weighted by molar-refractivity contribution is -0.168. The van der Waals surface area contributed by atoms with Crippen LogP contribution in [0.5, 0.6) is 5.75 Å².